The molecule has 3 rings (SSSR count). The van der Waals surface area contributed by atoms with Gasteiger partial charge in [-0.25, -0.2) is 10.5 Å². The van der Waals surface area contributed by atoms with E-state index in [9.17, 15) is 9.90 Å². The lowest BCUT2D eigenvalue weighted by molar-refractivity contribution is 0.0229. The Morgan fingerprint density at radius 1 is 1.12 bits per heavy atom. The number of hydroxylamine groups is 1. The minimum atomic E-state index is -0.483. The number of rotatable bonds is 4. The lowest BCUT2D eigenvalue weighted by Gasteiger charge is -2.08. The molecule has 3 aromatic rings. The fraction of sp³-hybridized carbons (Fsp3) is 0.0588. The first-order valence-corrected chi connectivity index (χ1v) is 8.58. The highest BCUT2D eigenvalue weighted by molar-refractivity contribution is 9.11. The second kappa shape index (κ2) is 7.29. The van der Waals surface area contributed by atoms with Crippen LogP contribution in [0.25, 0.3) is 10.9 Å². The van der Waals surface area contributed by atoms with Crippen LogP contribution in [0.2, 0.25) is 0 Å². The number of carbonyl (C=O) groups is 1. The minimum Gasteiger partial charge on any atom is -0.505 e. The number of amides is 1. The highest BCUT2D eigenvalue weighted by Crippen LogP contribution is 2.36. The molecule has 1 heterocycles. The van der Waals surface area contributed by atoms with Crippen molar-refractivity contribution in [2.75, 3.05) is 0 Å². The van der Waals surface area contributed by atoms with Gasteiger partial charge in [0.05, 0.1) is 11.1 Å². The Morgan fingerprint density at radius 3 is 2.62 bits per heavy atom. The van der Waals surface area contributed by atoms with E-state index in [0.717, 1.165) is 10.0 Å². The number of benzene rings is 2. The van der Waals surface area contributed by atoms with Gasteiger partial charge in [0.2, 0.25) is 0 Å². The normalized spacial score (nSPS) is 10.8. The van der Waals surface area contributed by atoms with Crippen molar-refractivity contribution in [1.82, 2.24) is 10.5 Å². The largest absolute Gasteiger partial charge is 0.505 e. The summed E-state index contributed by atoms with van der Waals surface area (Å²) in [4.78, 5) is 21.6. The molecule has 0 saturated carbocycles. The van der Waals surface area contributed by atoms with Crippen LogP contribution in [-0.4, -0.2) is 16.0 Å². The number of aromatic hydroxyl groups is 1. The molecule has 122 valence electrons. The maximum Gasteiger partial charge on any atom is 0.293 e. The van der Waals surface area contributed by atoms with Gasteiger partial charge in [0, 0.05) is 9.86 Å². The van der Waals surface area contributed by atoms with Crippen molar-refractivity contribution in [3.8, 4) is 5.75 Å². The molecular weight excluding hydrogens is 440 g/mol. The number of halogens is 2. The zero-order chi connectivity index (χ0) is 17.1. The highest BCUT2D eigenvalue weighted by Gasteiger charge is 2.14. The Balaban J connectivity index is 1.76. The van der Waals surface area contributed by atoms with Crippen molar-refractivity contribution >= 4 is 48.7 Å². The number of nitrogens with one attached hydrogen (secondary N) is 1. The van der Waals surface area contributed by atoms with Gasteiger partial charge >= 0.3 is 0 Å². The van der Waals surface area contributed by atoms with Gasteiger partial charge in [0.15, 0.2) is 5.75 Å². The smallest absolute Gasteiger partial charge is 0.293 e. The van der Waals surface area contributed by atoms with Gasteiger partial charge in [-0.15, -0.1) is 0 Å². The SMILES string of the molecule is O=C(NOCc1ccccc1)c1ccc2c(Br)cc(Br)c(O)c2n1. The number of fused-ring (bicyclic) bond motifs is 1. The fourth-order valence-corrected chi connectivity index (χ4v) is 3.41. The lowest BCUT2D eigenvalue weighted by Crippen LogP contribution is -2.24. The Bertz CT molecular complexity index is 901. The Labute approximate surface area is 154 Å². The molecule has 0 saturated heterocycles. The summed E-state index contributed by atoms with van der Waals surface area (Å²) in [6.07, 6.45) is 0. The summed E-state index contributed by atoms with van der Waals surface area (Å²) in [6.45, 7) is 0.252. The molecule has 1 aromatic heterocycles. The van der Waals surface area contributed by atoms with Crippen LogP contribution in [0, 0.1) is 0 Å². The average Bonchev–Trinajstić information content (AvgIpc) is 2.60. The first-order valence-electron chi connectivity index (χ1n) is 7.00. The van der Waals surface area contributed by atoms with Crippen LogP contribution in [0.3, 0.4) is 0 Å². The maximum atomic E-state index is 12.2. The highest BCUT2D eigenvalue weighted by atomic mass is 79.9. The van der Waals surface area contributed by atoms with Crippen LogP contribution in [0.4, 0.5) is 0 Å². The summed E-state index contributed by atoms with van der Waals surface area (Å²) >= 11 is 6.66. The third-order valence-corrected chi connectivity index (χ3v) is 4.60. The van der Waals surface area contributed by atoms with E-state index in [2.05, 4.69) is 42.3 Å². The molecule has 0 radical (unpaired) electrons. The number of nitrogens with zero attached hydrogens (tertiary/aromatic N) is 1. The monoisotopic (exact) mass is 450 g/mol. The van der Waals surface area contributed by atoms with Gasteiger partial charge in [0.1, 0.15) is 11.2 Å². The Morgan fingerprint density at radius 2 is 1.88 bits per heavy atom. The molecule has 2 aromatic carbocycles. The predicted octanol–water partition coefficient (Wildman–Crippen LogP) is 4.33. The van der Waals surface area contributed by atoms with E-state index in [0.29, 0.717) is 15.4 Å². The lowest BCUT2D eigenvalue weighted by atomic mass is 10.2. The molecule has 24 heavy (non-hydrogen) atoms. The van der Waals surface area contributed by atoms with Gasteiger partial charge in [-0.05, 0) is 39.7 Å². The van der Waals surface area contributed by atoms with Crippen molar-refractivity contribution in [2.45, 2.75) is 6.61 Å². The van der Waals surface area contributed by atoms with E-state index >= 15 is 0 Å². The Hall–Kier alpha value is -1.96. The van der Waals surface area contributed by atoms with Crippen LogP contribution in [0.1, 0.15) is 16.1 Å². The van der Waals surface area contributed by atoms with Crippen LogP contribution < -0.4 is 5.48 Å². The summed E-state index contributed by atoms with van der Waals surface area (Å²) in [7, 11) is 0. The van der Waals surface area contributed by atoms with Crippen molar-refractivity contribution in [3.63, 3.8) is 0 Å². The molecule has 2 N–H and O–H groups in total. The molecule has 0 unspecified atom stereocenters. The number of hydrogen-bond acceptors (Lipinski definition) is 4. The van der Waals surface area contributed by atoms with Crippen molar-refractivity contribution < 1.29 is 14.7 Å². The first kappa shape index (κ1) is 16.9. The van der Waals surface area contributed by atoms with Gasteiger partial charge in [-0.1, -0.05) is 46.3 Å². The quantitative estimate of drug-likeness (QED) is 0.579. The molecule has 0 aliphatic heterocycles. The molecule has 7 heteroatoms. The molecule has 5 nitrogen and oxygen atoms in total. The Kier molecular flexibility index (Phi) is 5.13. The van der Waals surface area contributed by atoms with Crippen LogP contribution >= 0.6 is 31.9 Å². The van der Waals surface area contributed by atoms with Gasteiger partial charge < -0.3 is 5.11 Å². The molecule has 0 aliphatic carbocycles. The number of phenolic OH excluding ortho intramolecular Hbond substituents is 1. The van der Waals surface area contributed by atoms with Crippen molar-refractivity contribution in [2.24, 2.45) is 0 Å². The van der Waals surface area contributed by atoms with E-state index in [4.69, 9.17) is 4.84 Å². The summed E-state index contributed by atoms with van der Waals surface area (Å²) in [5, 5.41) is 10.8. The summed E-state index contributed by atoms with van der Waals surface area (Å²) in [5.74, 6) is -0.503. The average molecular weight is 452 g/mol. The summed E-state index contributed by atoms with van der Waals surface area (Å²) < 4.78 is 1.26. The van der Waals surface area contributed by atoms with Gasteiger partial charge in [-0.2, -0.15) is 0 Å². The van der Waals surface area contributed by atoms with Gasteiger partial charge in [-0.3, -0.25) is 9.63 Å². The zero-order valence-corrected chi connectivity index (χ0v) is 15.5. The second-order valence-corrected chi connectivity index (χ2v) is 6.70. The van der Waals surface area contributed by atoms with E-state index in [-0.39, 0.29) is 18.1 Å². The van der Waals surface area contributed by atoms with Gasteiger partial charge in [0.25, 0.3) is 5.91 Å². The summed E-state index contributed by atoms with van der Waals surface area (Å²) in [6, 6.07) is 14.5. The molecule has 0 aliphatic rings. The molecule has 0 atom stereocenters. The third-order valence-electron chi connectivity index (χ3n) is 3.34. The number of aromatic nitrogens is 1. The molecule has 0 spiro atoms. The predicted molar refractivity (Wildman–Crippen MR) is 97.5 cm³/mol. The number of pyridine rings is 1. The molecular formula is C17H12Br2N2O3. The summed E-state index contributed by atoms with van der Waals surface area (Å²) in [5.41, 5.74) is 3.77. The van der Waals surface area contributed by atoms with Crippen molar-refractivity contribution in [3.05, 3.63) is 68.7 Å². The number of carbonyl (C=O) groups excluding carboxylic acids is 1. The van der Waals surface area contributed by atoms with E-state index in [1.807, 2.05) is 30.3 Å². The molecule has 0 bridgehead atoms. The van der Waals surface area contributed by atoms with E-state index in [1.54, 1.807) is 18.2 Å². The number of phenols is 1. The van der Waals surface area contributed by atoms with Crippen molar-refractivity contribution in [1.29, 1.82) is 0 Å². The standard InChI is InChI=1S/C17H12Br2N2O3/c18-12-8-13(19)16(22)15-11(12)6-7-14(20-15)17(23)21-24-9-10-4-2-1-3-5-10/h1-8,22H,9H2,(H,21,23). The minimum absolute atomic E-state index is 0.0203. The molecule has 0 fully saturated rings. The van der Waals surface area contributed by atoms with Crippen LogP contribution in [0.15, 0.2) is 57.5 Å². The maximum absolute atomic E-state index is 12.2. The molecule has 1 amide bonds. The third kappa shape index (κ3) is 3.58. The van der Waals surface area contributed by atoms with E-state index in [1.165, 1.54) is 0 Å². The van der Waals surface area contributed by atoms with Crippen LogP contribution in [-0.2, 0) is 11.4 Å². The van der Waals surface area contributed by atoms with E-state index < -0.39 is 5.91 Å². The zero-order valence-electron chi connectivity index (χ0n) is 12.3. The second-order valence-electron chi connectivity index (χ2n) is 4.99. The first-order chi connectivity index (χ1) is 11.6. The number of hydrogen-bond donors (Lipinski definition) is 2. The van der Waals surface area contributed by atoms with Crippen LogP contribution in [0.5, 0.6) is 5.75 Å². The fourth-order valence-electron chi connectivity index (χ4n) is 2.14. The topological polar surface area (TPSA) is 71.5 Å².